The van der Waals surface area contributed by atoms with E-state index >= 15 is 0 Å². The number of carboxylic acid groups (broad SMARTS) is 1. The smallest absolute Gasteiger partial charge is 0.326 e. The highest BCUT2D eigenvalue weighted by molar-refractivity contribution is 7.98. The van der Waals surface area contributed by atoms with Gasteiger partial charge in [-0.3, -0.25) is 43.3 Å². The van der Waals surface area contributed by atoms with Crippen LogP contribution in [0.25, 0.3) is 10.9 Å². The fraction of sp³-hybridized carbons (Fsp3) is 0.500. The van der Waals surface area contributed by atoms with E-state index in [1.165, 1.54) is 18.7 Å². The molecule has 2 aromatic carbocycles. The molecule has 3 rings (SSSR count). The normalized spacial score (nSPS) is 14.4. The first kappa shape index (κ1) is 60.1. The van der Waals surface area contributed by atoms with Crippen LogP contribution in [0.5, 0.6) is 0 Å². The molecule has 0 aliphatic carbocycles. The molecule has 8 amide bonds. The topological polar surface area (TPSA) is 411 Å². The number of nitrogens with two attached hydrogens (primary N) is 4. The van der Waals surface area contributed by atoms with Gasteiger partial charge in [0.1, 0.15) is 42.3 Å². The van der Waals surface area contributed by atoms with E-state index in [9.17, 15) is 53.4 Å². The van der Waals surface area contributed by atoms with Gasteiger partial charge in [-0.05, 0) is 74.1 Å². The fourth-order valence-electron chi connectivity index (χ4n) is 7.44. The van der Waals surface area contributed by atoms with Crippen molar-refractivity contribution in [3.63, 3.8) is 0 Å². The monoisotopic (exact) mass is 1040 g/mol. The number of thioether (sulfide) groups is 1. The van der Waals surface area contributed by atoms with Crippen molar-refractivity contribution in [2.24, 2.45) is 33.8 Å². The zero-order chi connectivity index (χ0) is 54.2. The van der Waals surface area contributed by atoms with Gasteiger partial charge in [0, 0.05) is 42.9 Å². The maximum absolute atomic E-state index is 14.5. The Bertz CT molecular complexity index is 2380. The van der Waals surface area contributed by atoms with E-state index in [4.69, 9.17) is 22.9 Å². The first-order valence-electron chi connectivity index (χ1n) is 23.8. The lowest BCUT2D eigenvalue weighted by molar-refractivity contribution is -0.142. The number of aliphatic hydroxyl groups is 1. The van der Waals surface area contributed by atoms with Crippen molar-refractivity contribution < 1.29 is 53.4 Å². The van der Waals surface area contributed by atoms with Crippen LogP contribution >= 0.6 is 11.8 Å². The minimum atomic E-state index is -1.64. The number of para-hydroxylation sites is 1. The summed E-state index contributed by atoms with van der Waals surface area (Å²) in [4.78, 5) is 128. The summed E-state index contributed by atoms with van der Waals surface area (Å²) >= 11 is 1.35. The van der Waals surface area contributed by atoms with Crippen LogP contribution in [0.2, 0.25) is 0 Å². The number of carbonyl (C=O) groups excluding carboxylic acids is 8. The predicted octanol–water partition coefficient (Wildman–Crippen LogP) is -2.11. The average molecular weight is 1040 g/mol. The Balaban J connectivity index is 2.00. The molecule has 400 valence electrons. The summed E-state index contributed by atoms with van der Waals surface area (Å²) in [5.41, 5.74) is 24.2. The standard InChI is InChI=1S/C48H71N13O11S/c1-26(2)21-35(58-40(64)27(3)49)43(67)60-37(23-29-24-54-31-14-9-8-13-30(29)31)45(69)56-33(16-17-39(50)63)42(66)59-36(22-28-11-6-5-7-12-28)44(68)55-32(15-10-19-53-48(51)52)41(65)61-38(25-62)46(70)57-34(47(71)72)18-20-73-4/h5-9,11-14,24,26-27,32-38,54,62H,10,15-23,25,49H2,1-4H3,(H2,50,63)(H,55,68)(H,56,69)(H,57,70)(H,58,64)(H,59,66)(H,60,67)(H,61,65)(H,71,72)(H4,51,52,53)/t27-,32-,33-,34-,35-,36-,37-,38-/m0/s1. The number of H-pyrrole nitrogens is 1. The second-order valence-electron chi connectivity index (χ2n) is 17.9. The van der Waals surface area contributed by atoms with Gasteiger partial charge >= 0.3 is 5.97 Å². The molecule has 24 nitrogen and oxygen atoms in total. The van der Waals surface area contributed by atoms with E-state index in [-0.39, 0.29) is 63.4 Å². The quantitative estimate of drug-likeness (QED) is 0.0181. The Hall–Kier alpha value is -7.25. The Kier molecular flexibility index (Phi) is 25.2. The molecule has 3 aromatic rings. The van der Waals surface area contributed by atoms with Crippen molar-refractivity contribution in [2.45, 2.75) is 120 Å². The number of aromatic amines is 1. The molecular formula is C48H71N13O11S. The SMILES string of the molecule is CSCC[C@H](NC(=O)[C@H](CO)NC(=O)[C@H](CCCN=C(N)N)NC(=O)[C@H](Cc1ccccc1)NC(=O)[C@H](CCC(N)=O)NC(=O)[C@H](Cc1c[nH]c2ccccc12)NC(=O)[C@H](CC(C)C)NC(=O)[C@H](C)N)C(=O)O. The number of rotatable bonds is 32. The molecule has 0 spiro atoms. The lowest BCUT2D eigenvalue weighted by atomic mass is 10.00. The lowest BCUT2D eigenvalue weighted by Crippen LogP contribution is -2.61. The number of amides is 8. The van der Waals surface area contributed by atoms with E-state index in [0.717, 1.165) is 10.9 Å². The second-order valence-corrected chi connectivity index (χ2v) is 18.8. The third-order valence-electron chi connectivity index (χ3n) is 11.3. The van der Waals surface area contributed by atoms with E-state index in [2.05, 4.69) is 47.2 Å². The third-order valence-corrected chi connectivity index (χ3v) is 12.0. The first-order valence-corrected chi connectivity index (χ1v) is 25.2. The third kappa shape index (κ3) is 20.8. The molecule has 18 N–H and O–H groups in total. The molecule has 0 saturated heterocycles. The molecule has 73 heavy (non-hydrogen) atoms. The lowest BCUT2D eigenvalue weighted by Gasteiger charge is -2.28. The number of benzene rings is 2. The Morgan fingerprint density at radius 1 is 0.630 bits per heavy atom. The number of nitrogens with zero attached hydrogens (tertiary/aromatic N) is 1. The van der Waals surface area contributed by atoms with Gasteiger partial charge in [-0.1, -0.05) is 62.4 Å². The zero-order valence-electron chi connectivity index (χ0n) is 41.5. The van der Waals surface area contributed by atoms with Gasteiger partial charge in [0.15, 0.2) is 5.96 Å². The van der Waals surface area contributed by atoms with Gasteiger partial charge in [-0.25, -0.2) is 4.79 Å². The van der Waals surface area contributed by atoms with Crippen LogP contribution in [-0.2, 0) is 56.0 Å². The summed E-state index contributed by atoms with van der Waals surface area (Å²) in [6, 6.07) is 4.79. The number of hydrogen-bond donors (Lipinski definition) is 14. The van der Waals surface area contributed by atoms with Crippen LogP contribution < -0.4 is 60.2 Å². The van der Waals surface area contributed by atoms with Gasteiger partial charge in [0.05, 0.1) is 12.6 Å². The summed E-state index contributed by atoms with van der Waals surface area (Å²) in [7, 11) is 0. The van der Waals surface area contributed by atoms with Crippen molar-refractivity contribution in [3.8, 4) is 0 Å². The molecule has 1 aromatic heterocycles. The van der Waals surface area contributed by atoms with Crippen LogP contribution in [0.4, 0.5) is 0 Å². The highest BCUT2D eigenvalue weighted by atomic mass is 32.2. The van der Waals surface area contributed by atoms with E-state index in [1.54, 1.807) is 48.9 Å². The van der Waals surface area contributed by atoms with E-state index < -0.39 is 115 Å². The van der Waals surface area contributed by atoms with Crippen molar-refractivity contribution in [1.29, 1.82) is 0 Å². The zero-order valence-corrected chi connectivity index (χ0v) is 42.3. The molecule has 0 aliphatic heterocycles. The number of carbonyl (C=O) groups is 9. The van der Waals surface area contributed by atoms with Crippen LogP contribution in [-0.4, -0.2) is 148 Å². The largest absolute Gasteiger partial charge is 0.480 e. The predicted molar refractivity (Wildman–Crippen MR) is 275 cm³/mol. The molecule has 0 unspecified atom stereocenters. The Morgan fingerprint density at radius 2 is 1.14 bits per heavy atom. The molecular weight excluding hydrogens is 967 g/mol. The number of aliphatic hydroxyl groups excluding tert-OH is 1. The summed E-state index contributed by atoms with van der Waals surface area (Å²) in [5, 5.41) is 38.5. The molecule has 0 fully saturated rings. The van der Waals surface area contributed by atoms with Crippen LogP contribution in [0, 0.1) is 5.92 Å². The van der Waals surface area contributed by atoms with Gasteiger partial charge in [0.2, 0.25) is 47.3 Å². The van der Waals surface area contributed by atoms with Crippen molar-refractivity contribution in [2.75, 3.05) is 25.2 Å². The number of aliphatic carboxylic acids is 1. The van der Waals surface area contributed by atoms with Gasteiger partial charge < -0.3 is 75.3 Å². The molecule has 0 saturated carbocycles. The van der Waals surface area contributed by atoms with Gasteiger partial charge in [0.25, 0.3) is 0 Å². The summed E-state index contributed by atoms with van der Waals surface area (Å²) in [6.45, 7) is 4.20. The highest BCUT2D eigenvalue weighted by Gasteiger charge is 2.35. The van der Waals surface area contributed by atoms with Crippen molar-refractivity contribution in [1.82, 2.24) is 42.2 Å². The first-order chi connectivity index (χ1) is 34.6. The maximum atomic E-state index is 14.5. The Morgan fingerprint density at radius 3 is 1.70 bits per heavy atom. The maximum Gasteiger partial charge on any atom is 0.326 e. The van der Waals surface area contributed by atoms with Gasteiger partial charge in [-0.2, -0.15) is 11.8 Å². The van der Waals surface area contributed by atoms with Crippen molar-refractivity contribution in [3.05, 3.63) is 71.9 Å². The number of nitrogens with one attached hydrogen (secondary N) is 8. The fourth-order valence-corrected chi connectivity index (χ4v) is 7.92. The summed E-state index contributed by atoms with van der Waals surface area (Å²) < 4.78 is 0. The van der Waals surface area contributed by atoms with Gasteiger partial charge in [-0.15, -0.1) is 0 Å². The summed E-state index contributed by atoms with van der Waals surface area (Å²) in [6.07, 6.45) is 2.57. The number of fused-ring (bicyclic) bond motifs is 1. The number of primary amides is 1. The van der Waals surface area contributed by atoms with Crippen LogP contribution in [0.1, 0.15) is 70.4 Å². The summed E-state index contributed by atoms with van der Waals surface area (Å²) in [5.74, 6) is -8.10. The van der Waals surface area contributed by atoms with Crippen LogP contribution in [0.3, 0.4) is 0 Å². The highest BCUT2D eigenvalue weighted by Crippen LogP contribution is 2.20. The van der Waals surface area contributed by atoms with Crippen LogP contribution in [0.15, 0.2) is 65.8 Å². The second kappa shape index (κ2) is 30.6. The minimum absolute atomic E-state index is 0.00866. The number of aliphatic imine (C=N–C) groups is 1. The number of carboxylic acids is 1. The minimum Gasteiger partial charge on any atom is -0.480 e. The average Bonchev–Trinajstić information content (AvgIpc) is 3.75. The molecule has 0 radical (unpaired) electrons. The van der Waals surface area contributed by atoms with Crippen molar-refractivity contribution >= 4 is 81.9 Å². The Labute approximate surface area is 427 Å². The number of hydrogen-bond acceptors (Lipinski definition) is 13. The van der Waals surface area contributed by atoms with E-state index in [0.29, 0.717) is 16.9 Å². The number of guanidine groups is 1. The van der Waals surface area contributed by atoms with E-state index in [1.807, 2.05) is 32.0 Å². The molecule has 8 atom stereocenters. The molecule has 25 heteroatoms. The molecule has 0 aliphatic rings. The molecule has 0 bridgehead atoms. The number of aromatic nitrogens is 1. The molecule has 1 heterocycles.